The van der Waals surface area contributed by atoms with Crippen LogP contribution in [-0.4, -0.2) is 22.3 Å². The summed E-state index contributed by atoms with van der Waals surface area (Å²) in [7, 11) is 0. The molecule has 3 N–H and O–H groups in total. The second kappa shape index (κ2) is 3.96. The third-order valence-electron chi connectivity index (χ3n) is 1.39. The number of pyridine rings is 1. The van der Waals surface area contributed by atoms with Gasteiger partial charge in [0.25, 0.3) is 0 Å². The van der Waals surface area contributed by atoms with Crippen molar-refractivity contribution in [2.75, 3.05) is 6.26 Å². The molecular formula is C7H9N3OS. The first-order valence-electron chi connectivity index (χ1n) is 3.25. The second-order valence-electron chi connectivity index (χ2n) is 2.06. The van der Waals surface area contributed by atoms with E-state index in [1.54, 1.807) is 18.5 Å². The lowest BCUT2D eigenvalue weighted by Gasteiger charge is -2.02. The summed E-state index contributed by atoms with van der Waals surface area (Å²) in [6.07, 6.45) is 5.19. The minimum atomic E-state index is 0.113. The predicted molar refractivity (Wildman–Crippen MR) is 48.5 cm³/mol. The average Bonchev–Trinajstić information content (AvgIpc) is 2.16. The van der Waals surface area contributed by atoms with Gasteiger partial charge in [0.2, 0.25) is 0 Å². The molecule has 0 saturated heterocycles. The maximum Gasteiger partial charge on any atom is 0.171 e. The monoisotopic (exact) mass is 183 g/mol. The zero-order chi connectivity index (χ0) is 8.97. The lowest BCUT2D eigenvalue weighted by atomic mass is 10.2. The van der Waals surface area contributed by atoms with Crippen molar-refractivity contribution >= 4 is 17.6 Å². The van der Waals surface area contributed by atoms with Crippen LogP contribution in [0.3, 0.4) is 0 Å². The molecule has 1 rings (SSSR count). The molecule has 0 bridgehead atoms. The zero-order valence-corrected chi connectivity index (χ0v) is 7.38. The van der Waals surface area contributed by atoms with Crippen molar-refractivity contribution in [2.45, 2.75) is 4.90 Å². The van der Waals surface area contributed by atoms with Gasteiger partial charge in [0.1, 0.15) is 0 Å². The minimum Gasteiger partial charge on any atom is -0.409 e. The van der Waals surface area contributed by atoms with Crippen molar-refractivity contribution in [3.63, 3.8) is 0 Å². The number of nitrogens with two attached hydrogens (primary N) is 1. The topological polar surface area (TPSA) is 71.5 Å². The van der Waals surface area contributed by atoms with E-state index in [0.717, 1.165) is 4.90 Å². The highest BCUT2D eigenvalue weighted by molar-refractivity contribution is 7.98. The third-order valence-corrected chi connectivity index (χ3v) is 2.15. The number of oxime groups is 1. The van der Waals surface area contributed by atoms with Crippen LogP contribution in [0.1, 0.15) is 5.56 Å². The Kier molecular flexibility index (Phi) is 2.93. The third kappa shape index (κ3) is 1.68. The summed E-state index contributed by atoms with van der Waals surface area (Å²) >= 11 is 1.50. The van der Waals surface area contributed by atoms with Crippen LogP contribution in [0, 0.1) is 0 Å². The van der Waals surface area contributed by atoms with Gasteiger partial charge < -0.3 is 10.9 Å². The van der Waals surface area contributed by atoms with E-state index in [2.05, 4.69) is 10.1 Å². The molecule has 0 aliphatic rings. The van der Waals surface area contributed by atoms with Crippen LogP contribution in [0.4, 0.5) is 0 Å². The van der Waals surface area contributed by atoms with E-state index >= 15 is 0 Å². The van der Waals surface area contributed by atoms with Crippen LogP contribution in [-0.2, 0) is 0 Å². The molecular weight excluding hydrogens is 174 g/mol. The molecule has 0 atom stereocenters. The van der Waals surface area contributed by atoms with Crippen molar-refractivity contribution in [1.29, 1.82) is 0 Å². The van der Waals surface area contributed by atoms with Gasteiger partial charge in [-0.05, 0) is 12.3 Å². The first kappa shape index (κ1) is 8.86. The molecule has 0 radical (unpaired) electrons. The fourth-order valence-corrected chi connectivity index (χ4v) is 1.37. The van der Waals surface area contributed by atoms with E-state index in [1.165, 1.54) is 11.8 Å². The number of thioether (sulfide) groups is 1. The lowest BCUT2D eigenvalue weighted by Crippen LogP contribution is -2.14. The van der Waals surface area contributed by atoms with Crippen molar-refractivity contribution in [1.82, 2.24) is 4.98 Å². The van der Waals surface area contributed by atoms with Gasteiger partial charge in [-0.3, -0.25) is 4.98 Å². The molecule has 0 fully saturated rings. The normalized spacial score (nSPS) is 11.6. The molecule has 1 aromatic heterocycles. The Labute approximate surface area is 74.5 Å². The Morgan fingerprint density at radius 3 is 3.08 bits per heavy atom. The number of hydrogen-bond donors (Lipinski definition) is 2. The Hall–Kier alpha value is -1.23. The molecule has 4 nitrogen and oxygen atoms in total. The molecule has 12 heavy (non-hydrogen) atoms. The van der Waals surface area contributed by atoms with Crippen LogP contribution in [0.2, 0.25) is 0 Å². The zero-order valence-electron chi connectivity index (χ0n) is 6.56. The second-order valence-corrected chi connectivity index (χ2v) is 2.91. The summed E-state index contributed by atoms with van der Waals surface area (Å²) in [4.78, 5) is 4.82. The molecule has 0 unspecified atom stereocenters. The maximum atomic E-state index is 8.44. The first-order chi connectivity index (χ1) is 5.79. The molecule has 0 spiro atoms. The summed E-state index contributed by atoms with van der Waals surface area (Å²) in [6.45, 7) is 0. The number of aromatic nitrogens is 1. The van der Waals surface area contributed by atoms with Crippen LogP contribution in [0.5, 0.6) is 0 Å². The van der Waals surface area contributed by atoms with Crippen LogP contribution >= 0.6 is 11.8 Å². The van der Waals surface area contributed by atoms with E-state index in [9.17, 15) is 0 Å². The molecule has 1 aromatic rings. The van der Waals surface area contributed by atoms with Gasteiger partial charge >= 0.3 is 0 Å². The molecule has 1 heterocycles. The van der Waals surface area contributed by atoms with E-state index in [-0.39, 0.29) is 5.84 Å². The van der Waals surface area contributed by atoms with E-state index in [0.29, 0.717) is 5.56 Å². The van der Waals surface area contributed by atoms with Crippen molar-refractivity contribution in [3.05, 3.63) is 24.0 Å². The standard InChI is InChI=1S/C7H9N3OS/c1-12-6-4-9-3-2-5(6)7(8)10-11/h2-4,11H,1H3,(H2,8,10). The van der Waals surface area contributed by atoms with Gasteiger partial charge in [-0.15, -0.1) is 11.8 Å². The Morgan fingerprint density at radius 1 is 1.75 bits per heavy atom. The highest BCUT2D eigenvalue weighted by atomic mass is 32.2. The number of amidine groups is 1. The summed E-state index contributed by atoms with van der Waals surface area (Å²) in [5.74, 6) is 0.113. The van der Waals surface area contributed by atoms with Crippen LogP contribution < -0.4 is 5.73 Å². The fourth-order valence-electron chi connectivity index (χ4n) is 0.808. The summed E-state index contributed by atoms with van der Waals surface area (Å²) in [6, 6.07) is 1.71. The van der Waals surface area contributed by atoms with E-state index < -0.39 is 0 Å². The lowest BCUT2D eigenvalue weighted by molar-refractivity contribution is 0.318. The average molecular weight is 183 g/mol. The Morgan fingerprint density at radius 2 is 2.50 bits per heavy atom. The number of rotatable bonds is 2. The SMILES string of the molecule is CSc1cnccc1/C(N)=N/O. The fraction of sp³-hybridized carbons (Fsp3) is 0.143. The van der Waals surface area contributed by atoms with Gasteiger partial charge in [0.15, 0.2) is 5.84 Å². The summed E-state index contributed by atoms with van der Waals surface area (Å²) in [5, 5.41) is 11.4. The first-order valence-corrected chi connectivity index (χ1v) is 4.48. The minimum absolute atomic E-state index is 0.113. The molecule has 0 aliphatic heterocycles. The van der Waals surface area contributed by atoms with Gasteiger partial charge in [-0.1, -0.05) is 5.16 Å². The quantitative estimate of drug-likeness (QED) is 0.235. The summed E-state index contributed by atoms with van der Waals surface area (Å²) < 4.78 is 0. The highest BCUT2D eigenvalue weighted by Crippen LogP contribution is 2.17. The van der Waals surface area contributed by atoms with Crippen molar-refractivity contribution < 1.29 is 5.21 Å². The number of nitrogens with zero attached hydrogens (tertiary/aromatic N) is 2. The summed E-state index contributed by atoms with van der Waals surface area (Å²) in [5.41, 5.74) is 6.14. The van der Waals surface area contributed by atoms with Crippen molar-refractivity contribution in [2.24, 2.45) is 10.9 Å². The number of hydrogen-bond acceptors (Lipinski definition) is 4. The molecule has 0 amide bonds. The highest BCUT2D eigenvalue weighted by Gasteiger charge is 2.04. The molecule has 0 aromatic carbocycles. The van der Waals surface area contributed by atoms with Crippen LogP contribution in [0.15, 0.2) is 28.5 Å². The van der Waals surface area contributed by atoms with Gasteiger partial charge in [-0.25, -0.2) is 0 Å². The van der Waals surface area contributed by atoms with Gasteiger partial charge in [0, 0.05) is 22.9 Å². The van der Waals surface area contributed by atoms with Crippen molar-refractivity contribution in [3.8, 4) is 0 Å². The molecule has 0 saturated carbocycles. The Balaban J connectivity index is 3.13. The Bertz CT molecular complexity index is 300. The van der Waals surface area contributed by atoms with E-state index in [4.69, 9.17) is 10.9 Å². The molecule has 5 heteroatoms. The maximum absolute atomic E-state index is 8.44. The largest absolute Gasteiger partial charge is 0.409 e. The molecule has 64 valence electrons. The smallest absolute Gasteiger partial charge is 0.171 e. The van der Waals surface area contributed by atoms with E-state index in [1.807, 2.05) is 6.26 Å². The van der Waals surface area contributed by atoms with Crippen LogP contribution in [0.25, 0.3) is 0 Å². The molecule has 0 aliphatic carbocycles. The predicted octanol–water partition coefficient (Wildman–Crippen LogP) is 0.898. The van der Waals surface area contributed by atoms with Gasteiger partial charge in [-0.2, -0.15) is 0 Å². The van der Waals surface area contributed by atoms with Gasteiger partial charge in [0.05, 0.1) is 0 Å².